The van der Waals surface area contributed by atoms with Crippen LogP contribution in [0.4, 0.5) is 22.7 Å². The Balaban J connectivity index is 1.63. The molecule has 0 spiro atoms. The van der Waals surface area contributed by atoms with Crippen molar-refractivity contribution >= 4 is 34.6 Å². The fourth-order valence-electron chi connectivity index (χ4n) is 5.06. The van der Waals surface area contributed by atoms with E-state index in [0.717, 1.165) is 36.9 Å². The third-order valence-corrected chi connectivity index (χ3v) is 7.69. The number of hydrogen-bond donors (Lipinski definition) is 3. The second kappa shape index (κ2) is 14.7. The van der Waals surface area contributed by atoms with Gasteiger partial charge in [-0.3, -0.25) is 4.79 Å². The summed E-state index contributed by atoms with van der Waals surface area (Å²) in [6, 6.07) is 14.4. The van der Waals surface area contributed by atoms with Crippen molar-refractivity contribution < 1.29 is 24.5 Å². The number of aromatic hydroxyl groups is 2. The average molecular weight is 610 g/mol. The number of anilines is 4. The third-order valence-electron chi connectivity index (χ3n) is 7.69. The number of allylic oxidation sites excluding steroid dienone is 5. The van der Waals surface area contributed by atoms with E-state index >= 15 is 0 Å². The number of hydrogen-bond acceptors (Lipinski definition) is 7. The van der Waals surface area contributed by atoms with Crippen LogP contribution < -0.4 is 19.9 Å². The van der Waals surface area contributed by atoms with Gasteiger partial charge in [-0.2, -0.15) is 0 Å². The Hall–Kier alpha value is -4.98. The Kier molecular flexibility index (Phi) is 10.7. The van der Waals surface area contributed by atoms with Gasteiger partial charge in [-0.25, -0.2) is 4.79 Å². The van der Waals surface area contributed by atoms with Crippen molar-refractivity contribution in [3.8, 4) is 17.2 Å². The summed E-state index contributed by atoms with van der Waals surface area (Å²) < 4.78 is 5.80. The molecular formula is C37H43N3O5. The zero-order valence-electron chi connectivity index (χ0n) is 27.0. The van der Waals surface area contributed by atoms with Crippen molar-refractivity contribution in [2.24, 2.45) is 0 Å². The summed E-state index contributed by atoms with van der Waals surface area (Å²) in [4.78, 5) is 30.5. The number of nitrogens with zero attached hydrogens (tertiary/aromatic N) is 2. The van der Waals surface area contributed by atoms with Gasteiger partial charge in [0.25, 0.3) is 5.91 Å². The molecule has 0 saturated carbocycles. The van der Waals surface area contributed by atoms with Crippen LogP contribution in [0, 0.1) is 0 Å². The van der Waals surface area contributed by atoms with Gasteiger partial charge in [-0.15, -0.1) is 0 Å². The smallest absolute Gasteiger partial charge is 0.343 e. The van der Waals surface area contributed by atoms with Crippen molar-refractivity contribution in [2.75, 3.05) is 35.8 Å². The van der Waals surface area contributed by atoms with E-state index in [1.807, 2.05) is 44.1 Å². The van der Waals surface area contributed by atoms with Gasteiger partial charge in [0.05, 0.1) is 22.5 Å². The molecule has 4 rings (SSSR count). The standard InChI is InChI=1S/C37H43N3O5/c1-24(2)10-7-11-25(3)12-8-13-26(4)20-21-40-31-22-29(41)23-33(45-37(44)27-16-18-28(19-17-27)39(5)6)35(31)38-34-30(36(40)43)14-9-15-32(34)42/h9-10,12,14-20,22-23,38,41-42H,7-8,11,13,21H2,1-6H3/b25-12+,26-20+. The van der Waals surface area contributed by atoms with Crippen LogP contribution >= 0.6 is 0 Å². The van der Waals surface area contributed by atoms with Crippen LogP contribution in [0.2, 0.25) is 0 Å². The molecule has 8 nitrogen and oxygen atoms in total. The quantitative estimate of drug-likeness (QED) is 0.0658. The number of nitrogens with one attached hydrogen (secondary N) is 1. The molecule has 1 amide bonds. The summed E-state index contributed by atoms with van der Waals surface area (Å²) >= 11 is 0. The lowest BCUT2D eigenvalue weighted by molar-refractivity contribution is 0.0735. The molecule has 0 bridgehead atoms. The minimum atomic E-state index is -0.630. The predicted molar refractivity (Wildman–Crippen MR) is 182 cm³/mol. The van der Waals surface area contributed by atoms with Crippen molar-refractivity contribution in [1.82, 2.24) is 0 Å². The van der Waals surface area contributed by atoms with Crippen molar-refractivity contribution in [2.45, 2.75) is 53.4 Å². The summed E-state index contributed by atoms with van der Waals surface area (Å²) in [6.07, 6.45) is 10.3. The Bertz CT molecular complexity index is 1650. The summed E-state index contributed by atoms with van der Waals surface area (Å²) in [5.74, 6) is -1.28. The van der Waals surface area contributed by atoms with E-state index in [9.17, 15) is 19.8 Å². The van der Waals surface area contributed by atoms with E-state index in [2.05, 4.69) is 38.2 Å². The lowest BCUT2D eigenvalue weighted by Crippen LogP contribution is -2.30. The average Bonchev–Trinajstić information content (AvgIpc) is 3.10. The lowest BCUT2D eigenvalue weighted by Gasteiger charge is -2.23. The predicted octanol–water partition coefficient (Wildman–Crippen LogP) is 8.51. The maximum absolute atomic E-state index is 13.9. The molecule has 1 aliphatic heterocycles. The highest BCUT2D eigenvalue weighted by Gasteiger charge is 2.31. The number of carbonyl (C=O) groups is 2. The molecule has 3 N–H and O–H groups in total. The Labute approximate surface area is 265 Å². The van der Waals surface area contributed by atoms with E-state index in [1.54, 1.807) is 24.3 Å². The van der Waals surface area contributed by atoms with Gasteiger partial charge >= 0.3 is 5.97 Å². The molecule has 0 aromatic heterocycles. The molecule has 3 aromatic carbocycles. The van der Waals surface area contributed by atoms with Crippen molar-refractivity contribution in [1.29, 1.82) is 0 Å². The van der Waals surface area contributed by atoms with Crippen LogP contribution in [0.3, 0.4) is 0 Å². The first kappa shape index (κ1) is 32.9. The minimum absolute atomic E-state index is 0.0232. The van der Waals surface area contributed by atoms with Crippen LogP contribution in [-0.4, -0.2) is 42.7 Å². The number of esters is 1. The molecule has 0 unspecified atom stereocenters. The molecule has 236 valence electrons. The molecule has 45 heavy (non-hydrogen) atoms. The van der Waals surface area contributed by atoms with Gasteiger partial charge in [-0.1, -0.05) is 41.0 Å². The molecule has 1 heterocycles. The van der Waals surface area contributed by atoms with Crippen molar-refractivity contribution in [3.63, 3.8) is 0 Å². The lowest BCUT2D eigenvalue weighted by atomic mass is 10.1. The summed E-state index contributed by atoms with van der Waals surface area (Å²) in [6.45, 7) is 8.61. The molecule has 0 atom stereocenters. The molecule has 0 radical (unpaired) electrons. The SMILES string of the molecule is CC(C)=CCC/C(C)=C/CC/C(C)=C/CN1C(=O)c2cccc(O)c2Nc2c(OC(=O)c3ccc(N(C)C)cc3)cc(O)cc21. The number of rotatable bonds is 11. The number of benzene rings is 3. The zero-order chi connectivity index (χ0) is 32.7. The molecule has 3 aromatic rings. The van der Waals surface area contributed by atoms with Crippen LogP contribution in [0.15, 0.2) is 89.5 Å². The zero-order valence-corrected chi connectivity index (χ0v) is 27.0. The van der Waals surface area contributed by atoms with Gasteiger partial charge in [0.1, 0.15) is 17.2 Å². The van der Waals surface area contributed by atoms with Gasteiger partial charge < -0.3 is 30.1 Å². The number of ether oxygens (including phenoxy) is 1. The highest BCUT2D eigenvalue weighted by molar-refractivity contribution is 6.15. The highest BCUT2D eigenvalue weighted by atomic mass is 16.5. The van der Waals surface area contributed by atoms with E-state index in [0.29, 0.717) is 11.3 Å². The van der Waals surface area contributed by atoms with E-state index in [-0.39, 0.29) is 46.6 Å². The number of phenolic OH excluding ortho intramolecular Hbond substituents is 2. The summed E-state index contributed by atoms with van der Waals surface area (Å²) in [5, 5.41) is 24.6. The summed E-state index contributed by atoms with van der Waals surface area (Å²) in [7, 11) is 3.81. The van der Waals surface area contributed by atoms with Gasteiger partial charge in [-0.05, 0) is 89.8 Å². The second-order valence-corrected chi connectivity index (χ2v) is 11.9. The van der Waals surface area contributed by atoms with E-state index in [1.165, 1.54) is 34.2 Å². The molecule has 0 fully saturated rings. The van der Waals surface area contributed by atoms with Crippen LogP contribution in [0.25, 0.3) is 0 Å². The van der Waals surface area contributed by atoms with E-state index < -0.39 is 5.97 Å². The minimum Gasteiger partial charge on any atom is -0.508 e. The first-order valence-corrected chi connectivity index (χ1v) is 15.2. The summed E-state index contributed by atoms with van der Waals surface area (Å²) in [5.41, 5.74) is 6.08. The topological polar surface area (TPSA) is 102 Å². The molecule has 8 heteroatoms. The number of phenols is 2. The number of fused-ring (bicyclic) bond motifs is 2. The molecule has 0 saturated heterocycles. The highest BCUT2D eigenvalue weighted by Crippen LogP contribution is 2.46. The second-order valence-electron chi connectivity index (χ2n) is 11.9. The van der Waals surface area contributed by atoms with Crippen LogP contribution in [0.5, 0.6) is 17.2 Å². The first-order valence-electron chi connectivity index (χ1n) is 15.2. The van der Waals surface area contributed by atoms with E-state index in [4.69, 9.17) is 4.74 Å². The van der Waals surface area contributed by atoms with Gasteiger partial charge in [0, 0.05) is 38.5 Å². The van der Waals surface area contributed by atoms with Crippen LogP contribution in [0.1, 0.15) is 74.1 Å². The number of amides is 1. The molecule has 1 aliphatic rings. The Morgan fingerprint density at radius 2 is 1.56 bits per heavy atom. The fraction of sp³-hybridized carbons (Fsp3) is 0.297. The Morgan fingerprint density at radius 1 is 0.889 bits per heavy atom. The normalized spacial score (nSPS) is 12.9. The van der Waals surface area contributed by atoms with Gasteiger partial charge in [0.2, 0.25) is 0 Å². The number of carbonyl (C=O) groups excluding carboxylic acids is 2. The monoisotopic (exact) mass is 609 g/mol. The van der Waals surface area contributed by atoms with Crippen LogP contribution in [-0.2, 0) is 0 Å². The molecule has 0 aliphatic carbocycles. The Morgan fingerprint density at radius 3 is 2.22 bits per heavy atom. The molecular weight excluding hydrogens is 566 g/mol. The fourth-order valence-corrected chi connectivity index (χ4v) is 5.06. The van der Waals surface area contributed by atoms with Gasteiger partial charge in [0.15, 0.2) is 5.75 Å². The maximum Gasteiger partial charge on any atom is 0.343 e. The van der Waals surface area contributed by atoms with Crippen molar-refractivity contribution in [3.05, 3.63) is 101 Å². The number of para-hydroxylation sites is 1. The largest absolute Gasteiger partial charge is 0.508 e. The third kappa shape index (κ3) is 8.35. The first-order chi connectivity index (χ1) is 21.4. The maximum atomic E-state index is 13.9.